The van der Waals surface area contributed by atoms with E-state index in [9.17, 15) is 9.90 Å². The topological polar surface area (TPSA) is 78.0 Å². The van der Waals surface area contributed by atoms with Crippen molar-refractivity contribution in [1.29, 1.82) is 0 Å². The second-order valence-corrected chi connectivity index (χ2v) is 7.88. The third-order valence-corrected chi connectivity index (χ3v) is 6.54. The zero-order chi connectivity index (χ0) is 17.3. The zero-order valence-electron chi connectivity index (χ0n) is 15.9. The number of benzene rings is 1. The summed E-state index contributed by atoms with van der Waals surface area (Å²) in [4.78, 5) is 12.6. The first-order chi connectivity index (χ1) is 11.5. The number of piperidine rings is 1. The van der Waals surface area contributed by atoms with Gasteiger partial charge in [0.1, 0.15) is 12.0 Å². The number of aliphatic hydroxyl groups excluding tert-OH is 1. The number of halogens is 1. The number of esters is 1. The van der Waals surface area contributed by atoms with Gasteiger partial charge in [0, 0.05) is 25.7 Å². The Bertz CT molecular complexity index is 566. The summed E-state index contributed by atoms with van der Waals surface area (Å²) in [5, 5.41) is 9.65. The molecular weight excluding hydrogens is 398 g/mol. The summed E-state index contributed by atoms with van der Waals surface area (Å²) in [5.41, 5.74) is 0.826. The van der Waals surface area contributed by atoms with Crippen LogP contribution in [0.2, 0.25) is 0 Å². The van der Waals surface area contributed by atoms with Crippen LogP contribution in [0, 0.1) is 0 Å². The highest BCUT2D eigenvalue weighted by molar-refractivity contribution is 5.78. The molecule has 2 bridgehead atoms. The summed E-state index contributed by atoms with van der Waals surface area (Å²) in [6.45, 7) is 4.39. The largest absolute Gasteiger partial charge is 1.00 e. The van der Waals surface area contributed by atoms with Gasteiger partial charge in [-0.15, -0.1) is 0 Å². The highest BCUT2D eigenvalue weighted by Gasteiger charge is 2.53. The Balaban J connectivity index is 0.00000169. The molecule has 26 heavy (non-hydrogen) atoms. The fourth-order valence-electron chi connectivity index (χ4n) is 4.82. The van der Waals surface area contributed by atoms with Crippen molar-refractivity contribution in [3.8, 4) is 0 Å². The van der Waals surface area contributed by atoms with Gasteiger partial charge in [-0.3, -0.25) is 4.79 Å². The van der Waals surface area contributed by atoms with E-state index in [0.29, 0.717) is 18.1 Å². The minimum Gasteiger partial charge on any atom is -1.00 e. The van der Waals surface area contributed by atoms with Gasteiger partial charge in [0.25, 0.3) is 0 Å². The van der Waals surface area contributed by atoms with Crippen LogP contribution in [0.25, 0.3) is 0 Å². The molecule has 1 aromatic rings. The molecular formula is C20H32BrNO4. The fraction of sp³-hybridized carbons (Fsp3) is 0.650. The Morgan fingerprint density at radius 1 is 1.19 bits per heavy atom. The average molecular weight is 430 g/mol. The Hall–Kier alpha value is -0.950. The maximum Gasteiger partial charge on any atom is 0.316 e. The van der Waals surface area contributed by atoms with Gasteiger partial charge in [0.2, 0.25) is 0 Å². The number of carbonyl (C=O) groups excluding carboxylic acids is 1. The lowest BCUT2D eigenvalue weighted by molar-refractivity contribution is -0.968. The molecule has 0 amide bonds. The number of ether oxygens (including phenoxy) is 1. The lowest BCUT2D eigenvalue weighted by atomic mass is 9.94. The number of hydrogen-bond acceptors (Lipinski definition) is 3. The Kier molecular flexibility index (Phi) is 8.27. The molecule has 3 N–H and O–H groups in total. The molecule has 0 spiro atoms. The highest BCUT2D eigenvalue weighted by atomic mass is 79.9. The third-order valence-electron chi connectivity index (χ3n) is 6.54. The summed E-state index contributed by atoms with van der Waals surface area (Å²) in [6, 6.07) is 11.2. The molecule has 0 aromatic heterocycles. The van der Waals surface area contributed by atoms with E-state index in [1.54, 1.807) is 0 Å². The molecule has 2 aliphatic heterocycles. The van der Waals surface area contributed by atoms with Gasteiger partial charge in [-0.05, 0) is 19.4 Å². The van der Waals surface area contributed by atoms with Crippen molar-refractivity contribution in [2.45, 2.75) is 69.7 Å². The summed E-state index contributed by atoms with van der Waals surface area (Å²) in [6.07, 6.45) is 4.36. The van der Waals surface area contributed by atoms with Crippen LogP contribution in [0.5, 0.6) is 0 Å². The first-order valence-electron chi connectivity index (χ1n) is 9.18. The van der Waals surface area contributed by atoms with E-state index >= 15 is 0 Å². The SMILES string of the molecule is CC(C)[N@@+]1(C)[C@@H]2CC[C@H]1C[C@@H](OC(=O)C(CO)c1ccccc1)C2.O.[Br-]. The first-order valence-corrected chi connectivity index (χ1v) is 9.18. The van der Waals surface area contributed by atoms with Crippen LogP contribution in [-0.2, 0) is 9.53 Å². The molecule has 2 saturated heterocycles. The van der Waals surface area contributed by atoms with E-state index in [0.717, 1.165) is 22.9 Å². The second kappa shape index (κ2) is 9.31. The molecule has 1 aromatic carbocycles. The first kappa shape index (κ1) is 23.1. The molecule has 3 rings (SSSR count). The smallest absolute Gasteiger partial charge is 0.316 e. The molecule has 0 radical (unpaired) electrons. The summed E-state index contributed by atoms with van der Waals surface area (Å²) >= 11 is 0. The van der Waals surface area contributed by atoms with Crippen molar-refractivity contribution in [3.05, 3.63) is 35.9 Å². The molecule has 2 aliphatic rings. The molecule has 5 atom stereocenters. The number of nitrogens with zero attached hydrogens (tertiary/aromatic N) is 1. The van der Waals surface area contributed by atoms with Gasteiger partial charge < -0.3 is 36.8 Å². The Labute approximate surface area is 167 Å². The van der Waals surface area contributed by atoms with Crippen LogP contribution in [0.3, 0.4) is 0 Å². The molecule has 148 valence electrons. The minimum atomic E-state index is -0.572. The number of carbonyl (C=O) groups is 1. The minimum absolute atomic E-state index is 0. The van der Waals surface area contributed by atoms with E-state index < -0.39 is 5.92 Å². The standard InChI is InChI=1S/C20H30NO3.BrH.H2O/c1-14(2)21(3)16-9-10-17(21)12-18(11-16)24-20(23)19(13-22)15-7-5-4-6-8-15;;/h4-8,14,16-19,22H,9-13H2,1-3H3;1H;1H2/q+1;;/p-1/t16-,17+,18+,19?,21+;;. The predicted molar refractivity (Wildman–Crippen MR) is 97.1 cm³/mol. The van der Waals surface area contributed by atoms with Gasteiger partial charge in [-0.1, -0.05) is 30.3 Å². The Morgan fingerprint density at radius 3 is 2.19 bits per heavy atom. The maximum absolute atomic E-state index is 12.6. The van der Waals surface area contributed by atoms with Gasteiger partial charge in [0.05, 0.1) is 31.8 Å². The maximum atomic E-state index is 12.6. The number of aliphatic hydroxyl groups is 1. The molecule has 6 heteroatoms. The predicted octanol–water partition coefficient (Wildman–Crippen LogP) is -0.967. The number of hydrogen-bond donors (Lipinski definition) is 1. The number of fused-ring (bicyclic) bond motifs is 2. The number of quaternary nitrogens is 1. The van der Waals surface area contributed by atoms with E-state index in [4.69, 9.17) is 4.74 Å². The van der Waals surface area contributed by atoms with Crippen molar-refractivity contribution >= 4 is 5.97 Å². The van der Waals surface area contributed by atoms with E-state index in [1.807, 2.05) is 30.3 Å². The normalized spacial score (nSPS) is 30.9. The fourth-order valence-corrected chi connectivity index (χ4v) is 4.82. The van der Waals surface area contributed by atoms with Crippen LogP contribution >= 0.6 is 0 Å². The van der Waals surface area contributed by atoms with Crippen molar-refractivity contribution in [3.63, 3.8) is 0 Å². The van der Waals surface area contributed by atoms with Crippen molar-refractivity contribution < 1.29 is 41.6 Å². The number of rotatable bonds is 5. The van der Waals surface area contributed by atoms with E-state index in [1.165, 1.54) is 12.8 Å². The van der Waals surface area contributed by atoms with Gasteiger partial charge in [-0.2, -0.15) is 0 Å². The van der Waals surface area contributed by atoms with E-state index in [-0.39, 0.29) is 41.1 Å². The molecule has 2 heterocycles. The van der Waals surface area contributed by atoms with Crippen LogP contribution in [0.4, 0.5) is 0 Å². The quantitative estimate of drug-likeness (QED) is 0.483. The lowest BCUT2D eigenvalue weighted by Crippen LogP contribution is -3.00. The van der Waals surface area contributed by atoms with Crippen LogP contribution < -0.4 is 17.0 Å². The summed E-state index contributed by atoms with van der Waals surface area (Å²) in [7, 11) is 2.37. The second-order valence-electron chi connectivity index (χ2n) is 7.88. The molecule has 2 fully saturated rings. The van der Waals surface area contributed by atoms with Crippen LogP contribution in [-0.4, -0.2) is 58.9 Å². The van der Waals surface area contributed by atoms with Crippen molar-refractivity contribution in [2.75, 3.05) is 13.7 Å². The van der Waals surface area contributed by atoms with Crippen LogP contribution in [0.1, 0.15) is 51.0 Å². The van der Waals surface area contributed by atoms with Gasteiger partial charge in [0.15, 0.2) is 0 Å². The zero-order valence-corrected chi connectivity index (χ0v) is 17.5. The highest BCUT2D eigenvalue weighted by Crippen LogP contribution is 2.44. The molecule has 1 unspecified atom stereocenters. The van der Waals surface area contributed by atoms with Gasteiger partial charge in [-0.25, -0.2) is 0 Å². The third kappa shape index (κ3) is 4.14. The molecule has 0 aliphatic carbocycles. The van der Waals surface area contributed by atoms with E-state index in [2.05, 4.69) is 20.9 Å². The van der Waals surface area contributed by atoms with Crippen LogP contribution in [0.15, 0.2) is 30.3 Å². The average Bonchev–Trinajstić information content (AvgIpc) is 2.74. The Morgan fingerprint density at radius 2 is 1.73 bits per heavy atom. The summed E-state index contributed by atoms with van der Waals surface area (Å²) in [5.74, 6) is -0.856. The van der Waals surface area contributed by atoms with Gasteiger partial charge >= 0.3 is 5.97 Å². The van der Waals surface area contributed by atoms with Crippen molar-refractivity contribution in [2.24, 2.45) is 0 Å². The molecule has 5 nitrogen and oxygen atoms in total. The molecule has 0 saturated carbocycles. The lowest BCUT2D eigenvalue weighted by Gasteiger charge is -2.49. The summed E-state index contributed by atoms with van der Waals surface area (Å²) < 4.78 is 6.96. The monoisotopic (exact) mass is 429 g/mol. The van der Waals surface area contributed by atoms with Crippen molar-refractivity contribution in [1.82, 2.24) is 0 Å².